The van der Waals surface area contributed by atoms with Gasteiger partial charge in [-0.2, -0.15) is 0 Å². The highest BCUT2D eigenvalue weighted by atomic mass is 33.1. The SMILES string of the molecule is CS[P+]1([S-])N(c2ccccc2C)[P+]([S-])(SC)N1c1ccccc1C. The second-order valence-corrected chi connectivity index (χ2v) is 20.1. The number of hydrogen-bond donors (Lipinski definition) is 0. The summed E-state index contributed by atoms with van der Waals surface area (Å²) in [5.41, 5.74) is 4.90. The number of rotatable bonds is 4. The first kappa shape index (κ1) is 19.1. The maximum atomic E-state index is 6.25. The van der Waals surface area contributed by atoms with Crippen molar-refractivity contribution in [3.8, 4) is 0 Å². The molecule has 0 aromatic heterocycles. The van der Waals surface area contributed by atoms with Gasteiger partial charge in [-0.25, -0.2) is 0 Å². The minimum Gasteiger partial charge on any atom is -0.487 e. The van der Waals surface area contributed by atoms with Crippen LogP contribution in [-0.4, -0.2) is 12.5 Å². The highest BCUT2D eigenvalue weighted by Gasteiger charge is 2.71. The molecule has 0 spiro atoms. The average molecular weight is 431 g/mol. The molecule has 0 N–H and O–H groups in total. The summed E-state index contributed by atoms with van der Waals surface area (Å²) in [7, 11) is 0. The Kier molecular flexibility index (Phi) is 5.67. The predicted octanol–water partition coefficient (Wildman–Crippen LogP) is 6.81. The number of anilines is 2. The maximum absolute atomic E-state index is 6.25. The van der Waals surface area contributed by atoms with Gasteiger partial charge in [-0.1, -0.05) is 36.4 Å². The van der Waals surface area contributed by atoms with Gasteiger partial charge in [-0.15, -0.1) is 8.88 Å². The summed E-state index contributed by atoms with van der Waals surface area (Å²) in [6.45, 7) is 4.29. The molecule has 0 saturated carbocycles. The molecule has 2 aromatic carbocycles. The molecule has 3 rings (SSSR count). The van der Waals surface area contributed by atoms with E-state index in [1.165, 1.54) is 22.5 Å². The molecule has 1 aliphatic rings. The first-order valence-electron chi connectivity index (χ1n) is 7.45. The lowest BCUT2D eigenvalue weighted by atomic mass is 10.2. The lowest BCUT2D eigenvalue weighted by Gasteiger charge is -2.63. The molecule has 1 saturated heterocycles. The van der Waals surface area contributed by atoms with Crippen molar-refractivity contribution in [3.05, 3.63) is 59.7 Å². The molecule has 128 valence electrons. The minimum absolute atomic E-state index is 1.21. The van der Waals surface area contributed by atoms with Crippen molar-refractivity contribution in [2.24, 2.45) is 0 Å². The summed E-state index contributed by atoms with van der Waals surface area (Å²) in [6, 6.07) is 16.9. The van der Waals surface area contributed by atoms with Gasteiger partial charge in [0.15, 0.2) is 0 Å². The Morgan fingerprint density at radius 1 is 0.708 bits per heavy atom. The van der Waals surface area contributed by atoms with Crippen LogP contribution in [0.2, 0.25) is 0 Å². The van der Waals surface area contributed by atoms with Crippen LogP contribution in [0.1, 0.15) is 11.1 Å². The normalized spacial score (nSPS) is 26.4. The van der Waals surface area contributed by atoms with Gasteiger partial charge in [-0.3, -0.25) is 0 Å². The quantitative estimate of drug-likeness (QED) is 0.386. The Bertz CT molecular complexity index is 687. The molecular weight excluding hydrogens is 410 g/mol. The van der Waals surface area contributed by atoms with E-state index >= 15 is 0 Å². The van der Waals surface area contributed by atoms with Gasteiger partial charge < -0.3 is 24.5 Å². The van der Waals surface area contributed by atoms with Crippen LogP contribution in [0, 0.1) is 13.8 Å². The fourth-order valence-electron chi connectivity index (χ4n) is 2.84. The first-order valence-corrected chi connectivity index (χ1v) is 16.5. The van der Waals surface area contributed by atoms with Gasteiger partial charge >= 0.3 is 0 Å². The topological polar surface area (TPSA) is 6.48 Å². The third-order valence-corrected chi connectivity index (χ3v) is 23.3. The Morgan fingerprint density at radius 3 is 1.33 bits per heavy atom. The highest BCUT2D eigenvalue weighted by molar-refractivity contribution is 9.01. The smallest absolute Gasteiger partial charge is 0.218 e. The third kappa shape index (κ3) is 2.78. The molecule has 24 heavy (non-hydrogen) atoms. The van der Waals surface area contributed by atoms with E-state index < -0.39 is 11.9 Å². The minimum atomic E-state index is -1.99. The van der Waals surface area contributed by atoms with Crippen molar-refractivity contribution in [3.63, 3.8) is 0 Å². The van der Waals surface area contributed by atoms with Crippen LogP contribution in [0.25, 0.3) is 0 Å². The van der Waals surface area contributed by atoms with Gasteiger partial charge in [0.25, 0.3) is 0 Å². The Hall–Kier alpha value is 0.300. The number of benzene rings is 2. The Balaban J connectivity index is 2.16. The highest BCUT2D eigenvalue weighted by Crippen LogP contribution is 3.03. The zero-order valence-corrected chi connectivity index (χ0v) is 19.1. The van der Waals surface area contributed by atoms with E-state index in [4.69, 9.17) is 24.5 Å². The fraction of sp³-hybridized carbons (Fsp3) is 0.250. The van der Waals surface area contributed by atoms with Crippen LogP contribution < -0.4 is 8.88 Å². The van der Waals surface area contributed by atoms with Gasteiger partial charge in [-0.05, 0) is 37.1 Å². The summed E-state index contributed by atoms with van der Waals surface area (Å²) < 4.78 is 4.84. The summed E-state index contributed by atoms with van der Waals surface area (Å²) in [6.07, 6.45) is 4.24. The van der Waals surface area contributed by atoms with Crippen LogP contribution in [0.15, 0.2) is 48.5 Å². The lowest BCUT2D eigenvalue weighted by Crippen LogP contribution is -2.46. The summed E-state index contributed by atoms with van der Waals surface area (Å²) in [4.78, 5) is 0. The molecule has 2 aromatic rings. The van der Waals surface area contributed by atoms with Crippen molar-refractivity contribution in [2.75, 3.05) is 21.4 Å². The zero-order chi connectivity index (χ0) is 17.5. The maximum Gasteiger partial charge on any atom is 0.218 e. The van der Waals surface area contributed by atoms with Crippen molar-refractivity contribution >= 4 is 70.6 Å². The van der Waals surface area contributed by atoms with Crippen LogP contribution in [0.5, 0.6) is 0 Å². The lowest BCUT2D eigenvalue weighted by molar-refractivity contribution is 1.35. The van der Waals surface area contributed by atoms with E-state index in [1.807, 2.05) is 0 Å². The van der Waals surface area contributed by atoms with Crippen LogP contribution in [0.3, 0.4) is 0 Å². The van der Waals surface area contributed by atoms with Crippen molar-refractivity contribution in [1.82, 2.24) is 0 Å². The fourth-order valence-corrected chi connectivity index (χ4v) is 26.0. The standard InChI is InChI=1S/C16H20N2P2S4/c1-13-9-5-7-11-15(13)17-19(21,23-3)18(20(17,22)24-4)16-12-8-6-10-14(16)2/h5-12H,1-4H3. The summed E-state index contributed by atoms with van der Waals surface area (Å²) >= 11 is 16.1. The molecule has 0 radical (unpaired) electrons. The Labute approximate surface area is 164 Å². The number of aryl methyl sites for hydroxylation is 2. The number of hydrogen-bond acceptors (Lipinski definition) is 6. The largest absolute Gasteiger partial charge is 0.487 e. The Morgan fingerprint density at radius 2 is 1.04 bits per heavy atom. The van der Waals surface area contributed by atoms with Crippen molar-refractivity contribution in [1.29, 1.82) is 0 Å². The van der Waals surface area contributed by atoms with Crippen molar-refractivity contribution < 1.29 is 0 Å². The molecule has 0 amide bonds. The van der Waals surface area contributed by atoms with E-state index in [9.17, 15) is 0 Å². The molecule has 0 atom stereocenters. The second-order valence-electron chi connectivity index (χ2n) is 5.50. The molecule has 0 unspecified atom stereocenters. The van der Waals surface area contributed by atoms with E-state index in [0.717, 1.165) is 0 Å². The van der Waals surface area contributed by atoms with E-state index in [2.05, 4.69) is 83.8 Å². The number of nitrogens with zero attached hydrogens (tertiary/aromatic N) is 2. The van der Waals surface area contributed by atoms with E-state index in [1.54, 1.807) is 22.8 Å². The summed E-state index contributed by atoms with van der Waals surface area (Å²) in [5.74, 6) is -3.98. The first-order chi connectivity index (χ1) is 11.4. The van der Waals surface area contributed by atoms with Crippen molar-refractivity contribution in [2.45, 2.75) is 13.8 Å². The van der Waals surface area contributed by atoms with E-state index in [-0.39, 0.29) is 0 Å². The molecule has 0 aliphatic carbocycles. The predicted molar refractivity (Wildman–Crippen MR) is 123 cm³/mol. The van der Waals surface area contributed by atoms with Gasteiger partial charge in [0.05, 0.1) is 0 Å². The van der Waals surface area contributed by atoms with E-state index in [0.29, 0.717) is 0 Å². The zero-order valence-electron chi connectivity index (χ0n) is 14.0. The molecule has 2 nitrogen and oxygen atoms in total. The van der Waals surface area contributed by atoms with Gasteiger partial charge in [0, 0.05) is 35.3 Å². The van der Waals surface area contributed by atoms with Crippen LogP contribution in [-0.2, 0) is 24.5 Å². The van der Waals surface area contributed by atoms with Gasteiger partial charge in [0.1, 0.15) is 11.4 Å². The van der Waals surface area contributed by atoms with Crippen LogP contribution in [0.4, 0.5) is 11.4 Å². The molecular formula is C16H20N2P2S4. The number of para-hydroxylation sites is 2. The molecule has 1 fully saturated rings. The van der Waals surface area contributed by atoms with Gasteiger partial charge in [0.2, 0.25) is 11.9 Å². The molecule has 0 bridgehead atoms. The molecule has 1 aliphatic heterocycles. The monoisotopic (exact) mass is 430 g/mol. The molecule has 8 heteroatoms. The average Bonchev–Trinajstić information content (AvgIpc) is 2.58. The third-order valence-electron chi connectivity index (χ3n) is 4.10. The van der Waals surface area contributed by atoms with Crippen LogP contribution >= 0.6 is 34.7 Å². The molecule has 1 heterocycles. The summed E-state index contributed by atoms with van der Waals surface area (Å²) in [5, 5.41) is 0. The second kappa shape index (κ2) is 7.13.